The van der Waals surface area contributed by atoms with Gasteiger partial charge in [0, 0.05) is 9.79 Å². The minimum Gasteiger partial charge on any atom is -0.192 e. The smallest absolute Gasteiger partial charge is 0.00220 e. The Morgan fingerprint density at radius 2 is 0.758 bits per heavy atom. The second-order valence-corrected chi connectivity index (χ2v) is 20.0. The highest BCUT2D eigenvalue weighted by Gasteiger charge is 2.34. The zero-order valence-electron chi connectivity index (χ0n) is 36.2. The Labute approximate surface area is 367 Å². The minimum atomic E-state index is -1.33. The van der Waals surface area contributed by atoms with Gasteiger partial charge in [-0.2, -0.15) is 10.0 Å². The number of hydrogen-bond donors (Lipinski definition) is 0. The molecule has 0 N–H and O–H groups in total. The molecule has 300 valence electrons. The van der Waals surface area contributed by atoms with Crippen LogP contribution >= 0.6 is 10.0 Å². The molecule has 0 aliphatic carbocycles. The van der Waals surface area contributed by atoms with Crippen molar-refractivity contribution in [2.75, 3.05) is 12.5 Å². The molecule has 0 radical (unpaired) electrons. The lowest BCUT2D eigenvalue weighted by molar-refractivity contribution is 1.49. The Hall–Kier alpha value is -6.93. The van der Waals surface area contributed by atoms with Crippen molar-refractivity contribution < 1.29 is 0 Å². The summed E-state index contributed by atoms with van der Waals surface area (Å²) in [7, 11) is -1.33. The Bertz CT molecular complexity index is 3540. The van der Waals surface area contributed by atoms with Crippen LogP contribution in [0.4, 0.5) is 0 Å². The van der Waals surface area contributed by atoms with Crippen molar-refractivity contribution in [3.8, 4) is 44.5 Å². The van der Waals surface area contributed by atoms with Crippen molar-refractivity contribution >= 4 is 74.7 Å². The van der Waals surface area contributed by atoms with Gasteiger partial charge >= 0.3 is 0 Å². The van der Waals surface area contributed by atoms with Gasteiger partial charge in [-0.05, 0) is 165 Å². The van der Waals surface area contributed by atoms with Gasteiger partial charge in [-0.1, -0.05) is 178 Å². The Morgan fingerprint density at radius 1 is 0.339 bits per heavy atom. The summed E-state index contributed by atoms with van der Waals surface area (Å²) in [5, 5.41) is 15.4. The maximum absolute atomic E-state index is 3.36. The molecule has 1 heteroatoms. The van der Waals surface area contributed by atoms with Gasteiger partial charge in [0.1, 0.15) is 0 Å². The van der Waals surface area contributed by atoms with Crippen LogP contribution in [0.2, 0.25) is 0 Å². The number of rotatable bonds is 3. The molecule has 0 saturated heterocycles. The summed E-state index contributed by atoms with van der Waals surface area (Å²) in [5.74, 6) is 0. The van der Waals surface area contributed by atoms with Crippen LogP contribution in [0.1, 0.15) is 20.8 Å². The SMILES string of the molecule is C=CC.CC.CS1(C)c2cc3ccccc3cc2-c2cc3c(-c4cccc5ccccc45)c4ccc(-c5ccc6ccccc6c5)cc4c(-c4cccc5ccccc45)c3cc21. The van der Waals surface area contributed by atoms with Crippen molar-refractivity contribution in [3.63, 3.8) is 0 Å². The zero-order chi connectivity index (χ0) is 42.5. The molecule has 0 aromatic heterocycles. The maximum Gasteiger partial charge on any atom is 0.00220 e. The van der Waals surface area contributed by atoms with Crippen molar-refractivity contribution in [1.82, 2.24) is 0 Å². The fourth-order valence-corrected chi connectivity index (χ4v) is 12.4. The van der Waals surface area contributed by atoms with Crippen LogP contribution in [0.5, 0.6) is 0 Å². The van der Waals surface area contributed by atoms with Crippen LogP contribution in [0.25, 0.3) is 109 Å². The van der Waals surface area contributed by atoms with E-state index in [0.717, 1.165) is 0 Å². The predicted molar refractivity (Wildman–Crippen MR) is 276 cm³/mol. The van der Waals surface area contributed by atoms with Gasteiger partial charge in [-0.15, -0.1) is 6.58 Å². The molecular weight excluding hydrogens is 765 g/mol. The summed E-state index contributed by atoms with van der Waals surface area (Å²) in [6, 6.07) is 73.2. The van der Waals surface area contributed by atoms with Gasteiger partial charge in [-0.25, -0.2) is 0 Å². The molecule has 0 atom stereocenters. The van der Waals surface area contributed by atoms with E-state index in [0.29, 0.717) is 0 Å². The predicted octanol–water partition coefficient (Wildman–Crippen LogP) is 18.3. The average molecular weight is 815 g/mol. The Morgan fingerprint density at radius 3 is 1.39 bits per heavy atom. The van der Waals surface area contributed by atoms with E-state index in [1.54, 1.807) is 6.08 Å². The number of fused-ring (bicyclic) bond motifs is 9. The van der Waals surface area contributed by atoms with Crippen LogP contribution in [0.3, 0.4) is 0 Å². The summed E-state index contributed by atoms with van der Waals surface area (Å²) >= 11 is 0. The third-order valence-corrected chi connectivity index (χ3v) is 15.5. The maximum atomic E-state index is 3.36. The van der Waals surface area contributed by atoms with Crippen LogP contribution in [-0.4, -0.2) is 12.5 Å². The summed E-state index contributed by atoms with van der Waals surface area (Å²) in [4.78, 5) is 2.95. The fraction of sp³-hybridized carbons (Fsp3) is 0.0820. The van der Waals surface area contributed by atoms with Crippen molar-refractivity contribution in [3.05, 3.63) is 207 Å². The van der Waals surface area contributed by atoms with E-state index in [2.05, 4.69) is 213 Å². The molecule has 0 saturated carbocycles. The van der Waals surface area contributed by atoms with Gasteiger partial charge in [0.2, 0.25) is 0 Å². The third-order valence-electron chi connectivity index (χ3n) is 12.7. The summed E-state index contributed by atoms with van der Waals surface area (Å²) < 4.78 is 0. The lowest BCUT2D eigenvalue weighted by Gasteiger charge is -2.29. The molecular formula is C61H50S. The topological polar surface area (TPSA) is 0 Å². The number of benzene rings is 11. The first kappa shape index (κ1) is 39.2. The molecule has 0 nitrogen and oxygen atoms in total. The largest absolute Gasteiger partial charge is 0.192 e. The lowest BCUT2D eigenvalue weighted by Crippen LogP contribution is -1.96. The van der Waals surface area contributed by atoms with Crippen molar-refractivity contribution in [2.45, 2.75) is 30.6 Å². The first-order valence-corrected chi connectivity index (χ1v) is 24.2. The molecule has 1 aliphatic rings. The quantitative estimate of drug-likeness (QED) is 0.123. The van der Waals surface area contributed by atoms with E-state index in [9.17, 15) is 0 Å². The normalized spacial score (nSPS) is 13.0. The first-order chi connectivity index (χ1) is 30.4. The average Bonchev–Trinajstić information content (AvgIpc) is 3.53. The highest BCUT2D eigenvalue weighted by molar-refractivity contribution is 8.33. The van der Waals surface area contributed by atoms with E-state index >= 15 is 0 Å². The van der Waals surface area contributed by atoms with Crippen molar-refractivity contribution in [1.29, 1.82) is 0 Å². The second-order valence-electron chi connectivity index (χ2n) is 16.5. The van der Waals surface area contributed by atoms with E-state index < -0.39 is 10.0 Å². The van der Waals surface area contributed by atoms with Crippen LogP contribution < -0.4 is 0 Å². The Balaban J connectivity index is 0.000000881. The summed E-state index contributed by atoms with van der Waals surface area (Å²) in [6.45, 7) is 9.25. The Kier molecular flexibility index (Phi) is 10.0. The van der Waals surface area contributed by atoms with E-state index in [4.69, 9.17) is 0 Å². The van der Waals surface area contributed by atoms with E-state index in [-0.39, 0.29) is 0 Å². The van der Waals surface area contributed by atoms with Crippen molar-refractivity contribution in [2.24, 2.45) is 0 Å². The van der Waals surface area contributed by atoms with Crippen LogP contribution in [0, 0.1) is 0 Å². The monoisotopic (exact) mass is 814 g/mol. The van der Waals surface area contributed by atoms with Gasteiger partial charge in [-0.3, -0.25) is 0 Å². The molecule has 0 unspecified atom stereocenters. The highest BCUT2D eigenvalue weighted by atomic mass is 32.3. The molecule has 11 aromatic carbocycles. The van der Waals surface area contributed by atoms with Crippen LogP contribution in [0.15, 0.2) is 217 Å². The van der Waals surface area contributed by atoms with E-state index in [1.165, 1.54) is 119 Å². The molecule has 0 amide bonds. The molecule has 1 aliphatic heterocycles. The van der Waals surface area contributed by atoms with Gasteiger partial charge in [0.25, 0.3) is 0 Å². The molecule has 11 aromatic rings. The molecule has 1 heterocycles. The molecule has 0 fully saturated rings. The minimum absolute atomic E-state index is 1.23. The van der Waals surface area contributed by atoms with Gasteiger partial charge in [0.05, 0.1) is 0 Å². The summed E-state index contributed by atoms with van der Waals surface area (Å²) in [6.07, 6.45) is 6.75. The number of allylic oxidation sites excluding steroid dienone is 1. The summed E-state index contributed by atoms with van der Waals surface area (Å²) in [5.41, 5.74) is 10.4. The highest BCUT2D eigenvalue weighted by Crippen LogP contribution is 2.69. The third kappa shape index (κ3) is 6.30. The van der Waals surface area contributed by atoms with Crippen LogP contribution in [-0.2, 0) is 0 Å². The molecule has 0 bridgehead atoms. The zero-order valence-corrected chi connectivity index (χ0v) is 37.0. The fourth-order valence-electron chi connectivity index (χ4n) is 9.87. The standard InChI is InChI=1S/C56H38S.C3H6.C2H6/c1-57(2)53-32-40-18-6-5-17-39(40)30-48(53)49-33-51-52(34-54(49)57)56(46-24-12-20-37-15-8-10-22-44(37)46)50-31-42(41-26-25-35-13-3-4-16-38(35)29-41)27-28-47(50)55(51)45-23-11-19-36-14-7-9-21-43(36)45;1-3-2;1-2/h3-34H,1-2H3;3H,1H2,2H3;1-2H3. The van der Waals surface area contributed by atoms with Gasteiger partial charge in [0.15, 0.2) is 0 Å². The van der Waals surface area contributed by atoms with E-state index in [1.807, 2.05) is 20.8 Å². The lowest BCUT2D eigenvalue weighted by atomic mass is 9.82. The molecule has 0 spiro atoms. The molecule has 12 rings (SSSR count). The first-order valence-electron chi connectivity index (χ1n) is 21.8. The number of hydrogen-bond acceptors (Lipinski definition) is 0. The molecule has 62 heavy (non-hydrogen) atoms. The second kappa shape index (κ2) is 15.8. The van der Waals surface area contributed by atoms with Gasteiger partial charge < -0.3 is 0 Å².